The van der Waals surface area contributed by atoms with Crippen molar-refractivity contribution in [3.8, 4) is 0 Å². The zero-order valence-corrected chi connectivity index (χ0v) is 12.2. The van der Waals surface area contributed by atoms with Gasteiger partial charge < -0.3 is 15.8 Å². The van der Waals surface area contributed by atoms with Crippen LogP contribution in [0.15, 0.2) is 30.3 Å². The lowest BCUT2D eigenvalue weighted by Gasteiger charge is -2.34. The lowest BCUT2D eigenvalue weighted by molar-refractivity contribution is -0.136. The first-order valence-electron chi connectivity index (χ1n) is 7.13. The second-order valence-electron chi connectivity index (χ2n) is 5.28. The Morgan fingerprint density at radius 1 is 1.41 bits per heavy atom. The Bertz CT molecular complexity index is 581. The summed E-state index contributed by atoms with van der Waals surface area (Å²) in [6, 6.07) is 6.27. The maximum atomic E-state index is 13.4. The smallest absolute Gasteiger partial charge is 0.245 e. The number of ether oxygens (including phenoxy) is 1. The van der Waals surface area contributed by atoms with Gasteiger partial charge in [-0.3, -0.25) is 9.59 Å². The Kier molecular flexibility index (Phi) is 5.27. The van der Waals surface area contributed by atoms with Crippen LogP contribution in [0.1, 0.15) is 24.8 Å². The molecular formula is C16H19FN2O3. The van der Waals surface area contributed by atoms with Crippen LogP contribution in [0, 0.1) is 5.82 Å². The van der Waals surface area contributed by atoms with Crippen molar-refractivity contribution in [3.63, 3.8) is 0 Å². The summed E-state index contributed by atoms with van der Waals surface area (Å²) < 4.78 is 18.7. The van der Waals surface area contributed by atoms with Crippen molar-refractivity contribution in [1.82, 2.24) is 5.32 Å². The molecule has 2 rings (SSSR count). The van der Waals surface area contributed by atoms with E-state index in [1.807, 2.05) is 0 Å². The Balaban J connectivity index is 1.94. The number of primary amides is 1. The van der Waals surface area contributed by atoms with E-state index in [2.05, 4.69) is 5.32 Å². The lowest BCUT2D eigenvalue weighted by Crippen LogP contribution is -2.61. The van der Waals surface area contributed by atoms with E-state index in [9.17, 15) is 14.0 Å². The van der Waals surface area contributed by atoms with E-state index < -0.39 is 11.4 Å². The van der Waals surface area contributed by atoms with Crippen molar-refractivity contribution >= 4 is 17.9 Å². The zero-order valence-electron chi connectivity index (χ0n) is 12.2. The molecular weight excluding hydrogens is 287 g/mol. The normalized spacial score (nSPS) is 21.7. The highest BCUT2D eigenvalue weighted by Gasteiger charge is 2.39. The molecule has 1 aromatic carbocycles. The van der Waals surface area contributed by atoms with Crippen molar-refractivity contribution in [2.75, 3.05) is 13.2 Å². The van der Waals surface area contributed by atoms with Crippen molar-refractivity contribution in [2.45, 2.75) is 24.8 Å². The molecule has 1 saturated heterocycles. The molecule has 2 amide bonds. The van der Waals surface area contributed by atoms with Crippen molar-refractivity contribution < 1.29 is 18.7 Å². The third kappa shape index (κ3) is 3.92. The van der Waals surface area contributed by atoms with E-state index >= 15 is 0 Å². The number of rotatable bonds is 5. The van der Waals surface area contributed by atoms with Crippen LogP contribution in [-0.4, -0.2) is 30.6 Å². The number of amides is 2. The SMILES string of the molecule is NC(=O)C1(NC(=O)C/C=C/c2ccccc2F)CCCOC1. The fourth-order valence-corrected chi connectivity index (χ4v) is 2.37. The summed E-state index contributed by atoms with van der Waals surface area (Å²) in [6.45, 7) is 0.642. The molecule has 0 spiro atoms. The molecule has 0 aromatic heterocycles. The van der Waals surface area contributed by atoms with Crippen LogP contribution >= 0.6 is 0 Å². The molecule has 3 N–H and O–H groups in total. The lowest BCUT2D eigenvalue weighted by atomic mass is 9.91. The van der Waals surface area contributed by atoms with Crippen LogP contribution in [0.3, 0.4) is 0 Å². The summed E-state index contributed by atoms with van der Waals surface area (Å²) in [6.07, 6.45) is 4.23. The number of carbonyl (C=O) groups is 2. The van der Waals surface area contributed by atoms with E-state index in [0.29, 0.717) is 25.0 Å². The van der Waals surface area contributed by atoms with E-state index in [-0.39, 0.29) is 24.8 Å². The largest absolute Gasteiger partial charge is 0.378 e. The highest BCUT2D eigenvalue weighted by Crippen LogP contribution is 2.19. The number of hydrogen-bond donors (Lipinski definition) is 2. The molecule has 118 valence electrons. The number of halogens is 1. The Hall–Kier alpha value is -2.21. The van der Waals surface area contributed by atoms with Crippen molar-refractivity contribution in [1.29, 1.82) is 0 Å². The van der Waals surface area contributed by atoms with E-state index in [1.54, 1.807) is 24.3 Å². The van der Waals surface area contributed by atoms with Crippen LogP contribution in [-0.2, 0) is 14.3 Å². The summed E-state index contributed by atoms with van der Waals surface area (Å²) in [7, 11) is 0. The van der Waals surface area contributed by atoms with Gasteiger partial charge in [-0.1, -0.05) is 30.4 Å². The van der Waals surface area contributed by atoms with Crippen LogP contribution in [0.5, 0.6) is 0 Å². The van der Waals surface area contributed by atoms with Gasteiger partial charge in [0.2, 0.25) is 11.8 Å². The highest BCUT2D eigenvalue weighted by atomic mass is 19.1. The second-order valence-corrected chi connectivity index (χ2v) is 5.28. The third-order valence-corrected chi connectivity index (χ3v) is 3.60. The quantitative estimate of drug-likeness (QED) is 0.862. The predicted octanol–water partition coefficient (Wildman–Crippen LogP) is 1.38. The maximum absolute atomic E-state index is 13.4. The fraction of sp³-hybridized carbons (Fsp3) is 0.375. The second kappa shape index (κ2) is 7.17. The number of hydrogen-bond acceptors (Lipinski definition) is 3. The summed E-state index contributed by atoms with van der Waals surface area (Å²) in [5.41, 5.74) is 4.65. The monoisotopic (exact) mass is 306 g/mol. The molecule has 1 atom stereocenters. The Labute approximate surface area is 128 Å². The fourth-order valence-electron chi connectivity index (χ4n) is 2.37. The highest BCUT2D eigenvalue weighted by molar-refractivity contribution is 5.91. The van der Waals surface area contributed by atoms with Gasteiger partial charge in [-0.2, -0.15) is 0 Å². The van der Waals surface area contributed by atoms with Gasteiger partial charge in [-0.05, 0) is 18.9 Å². The average molecular weight is 306 g/mol. The molecule has 0 aliphatic carbocycles. The molecule has 0 bridgehead atoms. The molecule has 1 aromatic rings. The molecule has 22 heavy (non-hydrogen) atoms. The van der Waals surface area contributed by atoms with E-state index in [1.165, 1.54) is 12.1 Å². The Morgan fingerprint density at radius 3 is 2.82 bits per heavy atom. The Morgan fingerprint density at radius 2 is 2.18 bits per heavy atom. The van der Waals surface area contributed by atoms with Crippen LogP contribution < -0.4 is 11.1 Å². The molecule has 0 saturated carbocycles. The van der Waals surface area contributed by atoms with E-state index in [0.717, 1.165) is 0 Å². The van der Waals surface area contributed by atoms with Gasteiger partial charge in [0.15, 0.2) is 0 Å². The van der Waals surface area contributed by atoms with Gasteiger partial charge in [-0.25, -0.2) is 4.39 Å². The van der Waals surface area contributed by atoms with E-state index in [4.69, 9.17) is 10.5 Å². The van der Waals surface area contributed by atoms with Gasteiger partial charge in [0.05, 0.1) is 6.61 Å². The molecule has 5 nitrogen and oxygen atoms in total. The summed E-state index contributed by atoms with van der Waals surface area (Å²) >= 11 is 0. The van der Waals surface area contributed by atoms with Crippen LogP contribution in [0.4, 0.5) is 4.39 Å². The average Bonchev–Trinajstić information content (AvgIpc) is 2.50. The molecule has 6 heteroatoms. The molecule has 1 unspecified atom stereocenters. The number of nitrogens with one attached hydrogen (secondary N) is 1. The van der Waals surface area contributed by atoms with Crippen molar-refractivity contribution in [3.05, 3.63) is 41.7 Å². The zero-order chi connectivity index (χ0) is 16.0. The molecule has 1 fully saturated rings. The van der Waals surface area contributed by atoms with Gasteiger partial charge in [-0.15, -0.1) is 0 Å². The van der Waals surface area contributed by atoms with Crippen molar-refractivity contribution in [2.24, 2.45) is 5.73 Å². The van der Waals surface area contributed by atoms with Crippen LogP contribution in [0.2, 0.25) is 0 Å². The summed E-state index contributed by atoms with van der Waals surface area (Å²) in [5, 5.41) is 2.65. The standard InChI is InChI=1S/C16H19FN2O3/c17-13-7-2-1-5-12(13)6-3-8-14(20)19-16(15(18)21)9-4-10-22-11-16/h1-3,5-7H,4,8-11H2,(H2,18,21)(H,19,20)/b6-3+. The molecule has 1 aliphatic heterocycles. The molecule has 1 heterocycles. The van der Waals surface area contributed by atoms with Gasteiger partial charge >= 0.3 is 0 Å². The minimum atomic E-state index is -1.14. The molecule has 1 aliphatic rings. The number of carbonyl (C=O) groups excluding carboxylic acids is 2. The van der Waals surface area contributed by atoms with Crippen LogP contribution in [0.25, 0.3) is 6.08 Å². The number of nitrogens with two attached hydrogens (primary N) is 1. The maximum Gasteiger partial charge on any atom is 0.245 e. The van der Waals surface area contributed by atoms with Gasteiger partial charge in [0.25, 0.3) is 0 Å². The first-order valence-corrected chi connectivity index (χ1v) is 7.13. The first kappa shape index (κ1) is 16.2. The van der Waals surface area contributed by atoms with Gasteiger partial charge in [0, 0.05) is 18.6 Å². The molecule has 0 radical (unpaired) electrons. The summed E-state index contributed by atoms with van der Waals surface area (Å²) in [4.78, 5) is 23.6. The minimum absolute atomic E-state index is 0.0311. The van der Waals surface area contributed by atoms with Gasteiger partial charge in [0.1, 0.15) is 11.4 Å². The minimum Gasteiger partial charge on any atom is -0.378 e. The third-order valence-electron chi connectivity index (χ3n) is 3.60. The first-order chi connectivity index (χ1) is 10.5. The topological polar surface area (TPSA) is 81.4 Å². The predicted molar refractivity (Wildman–Crippen MR) is 80.2 cm³/mol. The summed E-state index contributed by atoms with van der Waals surface area (Å²) in [5.74, 6) is -1.30. The number of benzene rings is 1.